The summed E-state index contributed by atoms with van der Waals surface area (Å²) in [6.45, 7) is 11.9. The zero-order valence-corrected chi connectivity index (χ0v) is 17.3. The second-order valence-corrected chi connectivity index (χ2v) is 9.62. The Morgan fingerprint density at radius 3 is 2.70 bits per heavy atom. The molecule has 0 N–H and O–H groups in total. The molecule has 6 nitrogen and oxygen atoms in total. The highest BCUT2D eigenvalue weighted by Crippen LogP contribution is 2.26. The molecule has 0 radical (unpaired) electrons. The van der Waals surface area contributed by atoms with E-state index in [2.05, 4.69) is 45.5 Å². The zero-order chi connectivity index (χ0) is 19.0. The van der Waals surface area contributed by atoms with Gasteiger partial charge >= 0.3 is 0 Å². The lowest BCUT2D eigenvalue weighted by molar-refractivity contribution is -0.138. The minimum absolute atomic E-state index is 0.114. The van der Waals surface area contributed by atoms with E-state index in [1.165, 1.54) is 10.7 Å². The fourth-order valence-electron chi connectivity index (χ4n) is 3.92. The number of aromatic nitrogens is 3. The van der Waals surface area contributed by atoms with Crippen molar-refractivity contribution in [2.75, 3.05) is 26.2 Å². The highest BCUT2D eigenvalue weighted by molar-refractivity contribution is 7.09. The van der Waals surface area contributed by atoms with E-state index in [0.29, 0.717) is 5.91 Å². The van der Waals surface area contributed by atoms with Crippen molar-refractivity contribution in [2.24, 2.45) is 5.92 Å². The molecule has 27 heavy (non-hydrogen) atoms. The standard InChI is InChI=1S/C20H29N5OS/c1-20(2,3)19-22-16(13-27-19)12-23-6-8-24(9-7-23)18(26)15-4-5-25-14-21-11-17(25)10-15/h11,13-15H,4-10,12H2,1-3H3. The molecule has 1 fully saturated rings. The summed E-state index contributed by atoms with van der Waals surface area (Å²) in [7, 11) is 0. The van der Waals surface area contributed by atoms with E-state index in [9.17, 15) is 4.79 Å². The van der Waals surface area contributed by atoms with E-state index in [-0.39, 0.29) is 11.3 Å². The molecule has 0 aliphatic carbocycles. The first-order valence-electron chi connectivity index (χ1n) is 9.85. The average molecular weight is 388 g/mol. The van der Waals surface area contributed by atoms with Gasteiger partial charge in [-0.25, -0.2) is 9.97 Å². The third-order valence-electron chi connectivity index (χ3n) is 5.58. The first kappa shape index (κ1) is 18.6. The van der Waals surface area contributed by atoms with E-state index in [4.69, 9.17) is 4.98 Å². The molecular formula is C20H29N5OS. The highest BCUT2D eigenvalue weighted by atomic mass is 32.1. The summed E-state index contributed by atoms with van der Waals surface area (Å²) in [5.41, 5.74) is 2.46. The largest absolute Gasteiger partial charge is 0.340 e. The highest BCUT2D eigenvalue weighted by Gasteiger charge is 2.30. The third-order valence-corrected chi connectivity index (χ3v) is 6.90. The van der Waals surface area contributed by atoms with Gasteiger partial charge in [0.25, 0.3) is 0 Å². The van der Waals surface area contributed by atoms with Gasteiger partial charge < -0.3 is 9.47 Å². The van der Waals surface area contributed by atoms with Crippen LogP contribution in [0.15, 0.2) is 17.9 Å². The van der Waals surface area contributed by atoms with Crippen LogP contribution in [-0.2, 0) is 29.7 Å². The molecular weight excluding hydrogens is 358 g/mol. The van der Waals surface area contributed by atoms with Gasteiger partial charge in [0.2, 0.25) is 5.91 Å². The summed E-state index contributed by atoms with van der Waals surface area (Å²) >= 11 is 1.76. The number of rotatable bonds is 3. The Bertz CT molecular complexity index is 797. The number of aryl methyl sites for hydroxylation is 1. The van der Waals surface area contributed by atoms with E-state index in [1.54, 1.807) is 11.3 Å². The molecule has 7 heteroatoms. The number of fused-ring (bicyclic) bond motifs is 1. The van der Waals surface area contributed by atoms with Gasteiger partial charge in [0.05, 0.1) is 17.0 Å². The molecule has 4 rings (SSSR count). The Morgan fingerprint density at radius 2 is 2.00 bits per heavy atom. The molecule has 2 aliphatic rings. The van der Waals surface area contributed by atoms with Gasteiger partial charge in [-0.3, -0.25) is 9.69 Å². The summed E-state index contributed by atoms with van der Waals surface area (Å²) in [4.78, 5) is 26.4. The predicted octanol–water partition coefficient (Wildman–Crippen LogP) is 2.54. The number of hydrogen-bond acceptors (Lipinski definition) is 5. The van der Waals surface area contributed by atoms with Crippen molar-refractivity contribution in [3.63, 3.8) is 0 Å². The third kappa shape index (κ3) is 4.09. The van der Waals surface area contributed by atoms with Crippen LogP contribution in [0.1, 0.15) is 43.6 Å². The Morgan fingerprint density at radius 1 is 1.22 bits per heavy atom. The van der Waals surface area contributed by atoms with Crippen LogP contribution in [0.2, 0.25) is 0 Å². The number of carbonyl (C=O) groups excluding carboxylic acids is 1. The number of nitrogens with zero attached hydrogens (tertiary/aromatic N) is 5. The van der Waals surface area contributed by atoms with Crippen LogP contribution in [0.5, 0.6) is 0 Å². The molecule has 0 aromatic carbocycles. The van der Waals surface area contributed by atoms with Crippen molar-refractivity contribution in [2.45, 2.75) is 52.1 Å². The Kier molecular flexibility index (Phi) is 5.07. The maximum Gasteiger partial charge on any atom is 0.226 e. The average Bonchev–Trinajstić information content (AvgIpc) is 3.30. The van der Waals surface area contributed by atoms with Crippen molar-refractivity contribution < 1.29 is 4.79 Å². The lowest BCUT2D eigenvalue weighted by Crippen LogP contribution is -2.50. The van der Waals surface area contributed by atoms with Gasteiger partial charge in [-0.1, -0.05) is 20.8 Å². The summed E-state index contributed by atoms with van der Waals surface area (Å²) < 4.78 is 2.17. The first-order valence-corrected chi connectivity index (χ1v) is 10.7. The number of amides is 1. The van der Waals surface area contributed by atoms with E-state index in [0.717, 1.165) is 57.8 Å². The van der Waals surface area contributed by atoms with Gasteiger partial charge in [-0.05, 0) is 6.42 Å². The summed E-state index contributed by atoms with van der Waals surface area (Å²) in [6, 6.07) is 0. The van der Waals surface area contributed by atoms with E-state index in [1.807, 2.05) is 12.5 Å². The second-order valence-electron chi connectivity index (χ2n) is 8.76. The van der Waals surface area contributed by atoms with Crippen LogP contribution < -0.4 is 0 Å². The first-order chi connectivity index (χ1) is 12.9. The van der Waals surface area contributed by atoms with Crippen molar-refractivity contribution >= 4 is 17.2 Å². The molecule has 0 bridgehead atoms. The van der Waals surface area contributed by atoms with Crippen LogP contribution in [0.3, 0.4) is 0 Å². The number of thiazole rings is 1. The van der Waals surface area contributed by atoms with Crippen LogP contribution in [0, 0.1) is 5.92 Å². The minimum Gasteiger partial charge on any atom is -0.340 e. The van der Waals surface area contributed by atoms with Gasteiger partial charge in [-0.15, -0.1) is 11.3 Å². The van der Waals surface area contributed by atoms with Crippen LogP contribution in [0.4, 0.5) is 0 Å². The van der Waals surface area contributed by atoms with Crippen LogP contribution in [-0.4, -0.2) is 56.4 Å². The second kappa shape index (κ2) is 7.36. The molecule has 0 spiro atoms. The number of imidazole rings is 1. The normalized spacial score (nSPS) is 21.3. The van der Waals surface area contributed by atoms with Crippen molar-refractivity contribution in [1.29, 1.82) is 0 Å². The molecule has 2 aliphatic heterocycles. The molecule has 2 aromatic heterocycles. The smallest absolute Gasteiger partial charge is 0.226 e. The molecule has 1 unspecified atom stereocenters. The Balaban J connectivity index is 1.29. The quantitative estimate of drug-likeness (QED) is 0.812. The topological polar surface area (TPSA) is 54.3 Å². The molecule has 0 saturated carbocycles. The number of piperazine rings is 1. The van der Waals surface area contributed by atoms with Crippen LogP contribution >= 0.6 is 11.3 Å². The minimum atomic E-state index is 0.114. The SMILES string of the molecule is CC(C)(C)c1nc(CN2CCN(C(=O)C3CCn4cncc4C3)CC2)cs1. The monoisotopic (exact) mass is 387 g/mol. The van der Waals surface area contributed by atoms with Crippen molar-refractivity contribution in [3.8, 4) is 0 Å². The molecule has 146 valence electrons. The zero-order valence-electron chi connectivity index (χ0n) is 16.5. The summed E-state index contributed by atoms with van der Waals surface area (Å²) in [5, 5.41) is 3.38. The Labute approximate surface area is 165 Å². The molecule has 1 atom stereocenters. The fourth-order valence-corrected chi connectivity index (χ4v) is 4.82. The molecule has 2 aromatic rings. The maximum absolute atomic E-state index is 12.9. The van der Waals surface area contributed by atoms with Gasteiger partial charge in [0, 0.05) is 74.3 Å². The number of carbonyl (C=O) groups is 1. The predicted molar refractivity (Wildman–Crippen MR) is 107 cm³/mol. The lowest BCUT2D eigenvalue weighted by atomic mass is 9.94. The molecule has 4 heterocycles. The summed E-state index contributed by atoms with van der Waals surface area (Å²) in [5.74, 6) is 0.444. The van der Waals surface area contributed by atoms with E-state index >= 15 is 0 Å². The van der Waals surface area contributed by atoms with Crippen molar-refractivity contribution in [3.05, 3.63) is 34.3 Å². The molecule has 1 saturated heterocycles. The maximum atomic E-state index is 12.9. The van der Waals surface area contributed by atoms with Crippen molar-refractivity contribution in [1.82, 2.24) is 24.3 Å². The molecule has 1 amide bonds. The Hall–Kier alpha value is -1.73. The van der Waals surface area contributed by atoms with Gasteiger partial charge in [0.1, 0.15) is 0 Å². The number of hydrogen-bond donors (Lipinski definition) is 0. The van der Waals surface area contributed by atoms with Crippen LogP contribution in [0.25, 0.3) is 0 Å². The van der Waals surface area contributed by atoms with Gasteiger partial charge in [0.15, 0.2) is 0 Å². The lowest BCUT2D eigenvalue weighted by Gasteiger charge is -2.37. The van der Waals surface area contributed by atoms with Gasteiger partial charge in [-0.2, -0.15) is 0 Å². The van der Waals surface area contributed by atoms with E-state index < -0.39 is 0 Å². The fraction of sp³-hybridized carbons (Fsp3) is 0.650. The summed E-state index contributed by atoms with van der Waals surface area (Å²) in [6.07, 6.45) is 5.53.